The van der Waals surface area contributed by atoms with Crippen molar-refractivity contribution in [2.24, 2.45) is 0 Å². The molecule has 0 fully saturated rings. The van der Waals surface area contributed by atoms with Crippen LogP contribution in [0.2, 0.25) is 0 Å². The number of rotatable bonds is 8. The highest BCUT2D eigenvalue weighted by molar-refractivity contribution is 7.33. The Hall–Kier alpha value is -1.70. The van der Waals surface area contributed by atoms with E-state index in [0.717, 1.165) is 0 Å². The second-order valence-electron chi connectivity index (χ2n) is 3.97. The van der Waals surface area contributed by atoms with Crippen LogP contribution in [0, 0.1) is 0 Å². The zero-order chi connectivity index (χ0) is 14.4. The molecule has 0 bridgehead atoms. The molecule has 0 amide bonds. The van der Waals surface area contributed by atoms with E-state index in [1.165, 1.54) is 12.7 Å². The van der Waals surface area contributed by atoms with Gasteiger partial charge in [0, 0.05) is 4.57 Å². The maximum absolute atomic E-state index is 12.0. The van der Waals surface area contributed by atoms with E-state index in [1.807, 2.05) is 13.8 Å². The molecule has 10 heteroatoms. The van der Waals surface area contributed by atoms with Gasteiger partial charge in [-0.05, 0) is 12.8 Å². The highest BCUT2D eigenvalue weighted by Gasteiger charge is 2.34. The molecule has 20 heavy (non-hydrogen) atoms. The smallest absolute Gasteiger partial charge is 0.261 e. The van der Waals surface area contributed by atoms with Crippen LogP contribution in [-0.4, -0.2) is 30.4 Å². The van der Waals surface area contributed by atoms with Gasteiger partial charge in [0.25, 0.3) is 0 Å². The predicted octanol–water partition coefficient (Wildman–Crippen LogP) is 2.22. The van der Waals surface area contributed by atoms with Crippen LogP contribution in [-0.2, 0) is 13.6 Å². The van der Waals surface area contributed by atoms with E-state index in [-0.39, 0.29) is 0 Å². The maximum Gasteiger partial charge on any atom is 0.698 e. The molecule has 0 aliphatic rings. The normalized spacial score (nSPS) is 15.0. The van der Waals surface area contributed by atoms with E-state index in [1.54, 1.807) is 0 Å². The van der Waals surface area contributed by atoms with Crippen molar-refractivity contribution in [1.29, 1.82) is 0 Å². The summed E-state index contributed by atoms with van der Waals surface area (Å²) in [6.07, 6.45) is 3.04. The standard InChI is InChI=1S/C10H16N6O3P/c1-3-7(9-11-5-13-15-9)18-20(17)19-8(4-2)10-12-6-14-16-10/h5-8H,3-4H2,1-2H3,(H,11,13,15)(H,12,14,16)/q+1. The zero-order valence-electron chi connectivity index (χ0n) is 11.2. The third kappa shape index (κ3) is 3.66. The first-order valence-corrected chi connectivity index (χ1v) is 7.35. The summed E-state index contributed by atoms with van der Waals surface area (Å²) in [5, 5.41) is 12.9. The van der Waals surface area contributed by atoms with Crippen molar-refractivity contribution >= 4 is 8.25 Å². The first-order valence-electron chi connectivity index (χ1n) is 6.25. The summed E-state index contributed by atoms with van der Waals surface area (Å²) in [4.78, 5) is 7.97. The molecule has 0 spiro atoms. The van der Waals surface area contributed by atoms with Gasteiger partial charge in [-0.2, -0.15) is 10.2 Å². The Bertz CT molecular complexity index is 471. The summed E-state index contributed by atoms with van der Waals surface area (Å²) in [6.45, 7) is 3.79. The molecule has 0 aliphatic carbocycles. The van der Waals surface area contributed by atoms with E-state index in [4.69, 9.17) is 9.05 Å². The molecular formula is C10H16N6O3P+. The Morgan fingerprint density at radius 1 is 1.05 bits per heavy atom. The lowest BCUT2D eigenvalue weighted by molar-refractivity contribution is 0.118. The summed E-state index contributed by atoms with van der Waals surface area (Å²) < 4.78 is 22.7. The molecule has 0 saturated heterocycles. The van der Waals surface area contributed by atoms with Gasteiger partial charge in [0.1, 0.15) is 12.7 Å². The molecule has 2 unspecified atom stereocenters. The van der Waals surface area contributed by atoms with Gasteiger partial charge in [0.2, 0.25) is 0 Å². The quantitative estimate of drug-likeness (QED) is 0.717. The molecule has 2 atom stereocenters. The number of H-pyrrole nitrogens is 2. The number of aromatic amines is 2. The highest BCUT2D eigenvalue weighted by Crippen LogP contribution is 2.38. The van der Waals surface area contributed by atoms with Crippen molar-refractivity contribution in [3.8, 4) is 0 Å². The van der Waals surface area contributed by atoms with E-state index in [0.29, 0.717) is 24.5 Å². The number of nitrogens with zero attached hydrogens (tertiary/aromatic N) is 4. The van der Waals surface area contributed by atoms with Crippen molar-refractivity contribution in [3.05, 3.63) is 24.3 Å². The Kier molecular flexibility index (Phi) is 5.28. The molecule has 0 aromatic carbocycles. The van der Waals surface area contributed by atoms with Crippen LogP contribution in [0.3, 0.4) is 0 Å². The van der Waals surface area contributed by atoms with Crippen molar-refractivity contribution in [2.45, 2.75) is 38.9 Å². The average molecular weight is 299 g/mol. The average Bonchev–Trinajstić information content (AvgIpc) is 3.14. The molecule has 2 aromatic rings. The number of nitrogens with one attached hydrogen (secondary N) is 2. The lowest BCUT2D eigenvalue weighted by Gasteiger charge is -2.06. The van der Waals surface area contributed by atoms with Gasteiger partial charge in [-0.1, -0.05) is 13.8 Å². The van der Waals surface area contributed by atoms with Gasteiger partial charge in [-0.15, -0.1) is 9.05 Å². The van der Waals surface area contributed by atoms with Crippen molar-refractivity contribution in [2.75, 3.05) is 0 Å². The van der Waals surface area contributed by atoms with Crippen LogP contribution in [0.15, 0.2) is 12.7 Å². The van der Waals surface area contributed by atoms with Crippen LogP contribution in [0.1, 0.15) is 50.5 Å². The molecule has 108 valence electrons. The summed E-state index contributed by atoms with van der Waals surface area (Å²) in [6, 6.07) is 0. The van der Waals surface area contributed by atoms with E-state index >= 15 is 0 Å². The minimum atomic E-state index is -2.31. The van der Waals surface area contributed by atoms with Crippen molar-refractivity contribution in [3.63, 3.8) is 0 Å². The summed E-state index contributed by atoms with van der Waals surface area (Å²) >= 11 is 0. The van der Waals surface area contributed by atoms with Gasteiger partial charge in [0.05, 0.1) is 0 Å². The topological polar surface area (TPSA) is 119 Å². The molecule has 2 rings (SSSR count). The first-order chi connectivity index (χ1) is 9.74. The lowest BCUT2D eigenvalue weighted by atomic mass is 10.3. The number of hydrogen-bond donors (Lipinski definition) is 2. The Balaban J connectivity index is 1.94. The third-order valence-electron chi connectivity index (χ3n) is 2.65. The van der Waals surface area contributed by atoms with E-state index in [2.05, 4.69) is 30.4 Å². The van der Waals surface area contributed by atoms with Crippen LogP contribution in [0.4, 0.5) is 0 Å². The van der Waals surface area contributed by atoms with Crippen molar-refractivity contribution < 1.29 is 13.6 Å². The summed E-state index contributed by atoms with van der Waals surface area (Å²) in [7, 11) is -2.31. The van der Waals surface area contributed by atoms with Gasteiger partial charge in [-0.3, -0.25) is 10.2 Å². The molecule has 2 aromatic heterocycles. The summed E-state index contributed by atoms with van der Waals surface area (Å²) in [5.41, 5.74) is 0. The molecule has 2 N–H and O–H groups in total. The number of aromatic nitrogens is 6. The second kappa shape index (κ2) is 7.18. The predicted molar refractivity (Wildman–Crippen MR) is 68.6 cm³/mol. The fourth-order valence-electron chi connectivity index (χ4n) is 1.61. The number of hydrogen-bond acceptors (Lipinski definition) is 7. The van der Waals surface area contributed by atoms with Gasteiger partial charge < -0.3 is 0 Å². The highest BCUT2D eigenvalue weighted by atomic mass is 31.1. The van der Waals surface area contributed by atoms with Gasteiger partial charge in [-0.25, -0.2) is 9.97 Å². The van der Waals surface area contributed by atoms with E-state index < -0.39 is 20.5 Å². The van der Waals surface area contributed by atoms with Crippen LogP contribution >= 0.6 is 8.25 Å². The fraction of sp³-hybridized carbons (Fsp3) is 0.600. The van der Waals surface area contributed by atoms with Crippen LogP contribution in [0.5, 0.6) is 0 Å². The fourth-order valence-corrected chi connectivity index (χ4v) is 2.57. The SMILES string of the molecule is CCC(O[P+](=O)OC(CC)c1ncn[nH]1)c1ncn[nH]1. The van der Waals surface area contributed by atoms with Crippen LogP contribution in [0.25, 0.3) is 0 Å². The molecule has 2 heterocycles. The molecule has 9 nitrogen and oxygen atoms in total. The Morgan fingerprint density at radius 3 is 1.80 bits per heavy atom. The van der Waals surface area contributed by atoms with Gasteiger partial charge in [0.15, 0.2) is 23.9 Å². The Morgan fingerprint density at radius 2 is 1.50 bits per heavy atom. The third-order valence-corrected chi connectivity index (χ3v) is 3.50. The first kappa shape index (κ1) is 14.7. The van der Waals surface area contributed by atoms with Crippen molar-refractivity contribution in [1.82, 2.24) is 30.4 Å². The minimum absolute atomic E-state index is 0.451. The summed E-state index contributed by atoms with van der Waals surface area (Å²) in [5.74, 6) is 1.04. The second-order valence-corrected chi connectivity index (χ2v) is 4.84. The monoisotopic (exact) mass is 299 g/mol. The Labute approximate surface area is 116 Å². The zero-order valence-corrected chi connectivity index (χ0v) is 12.1. The minimum Gasteiger partial charge on any atom is -0.261 e. The van der Waals surface area contributed by atoms with E-state index in [9.17, 15) is 4.57 Å². The maximum atomic E-state index is 12.0. The lowest BCUT2D eigenvalue weighted by Crippen LogP contribution is -2.05. The molecule has 0 saturated carbocycles. The molecule has 0 aliphatic heterocycles. The van der Waals surface area contributed by atoms with Crippen LogP contribution < -0.4 is 0 Å². The molecule has 0 radical (unpaired) electrons. The largest absolute Gasteiger partial charge is 0.698 e. The molecular weight excluding hydrogens is 283 g/mol. The van der Waals surface area contributed by atoms with Gasteiger partial charge >= 0.3 is 8.25 Å².